The lowest BCUT2D eigenvalue weighted by Gasteiger charge is -2.40. The number of hydrogen-bond donors (Lipinski definition) is 1. The van der Waals surface area contributed by atoms with Gasteiger partial charge in [-0.3, -0.25) is 9.20 Å². The standard InChI is InChI=1S/C18H18F5N3OS/c1-3-15-17(26-8-7-12(2)9-16(26)25-15)18(27)24-11-13-5-4-6-14(10-13)28(19,20,21,22)23/h4-10H,3,11H2,1-2H3,(H,24,27). The maximum absolute atomic E-state index is 13.0. The Balaban J connectivity index is 1.87. The molecular formula is C18H18F5N3OS. The van der Waals surface area contributed by atoms with Crippen molar-refractivity contribution in [2.45, 2.75) is 31.7 Å². The number of aryl methyl sites for hydroxylation is 2. The van der Waals surface area contributed by atoms with Gasteiger partial charge in [-0.2, -0.15) is 0 Å². The van der Waals surface area contributed by atoms with Crippen molar-refractivity contribution in [3.05, 3.63) is 65.1 Å². The van der Waals surface area contributed by atoms with Crippen LogP contribution in [-0.2, 0) is 13.0 Å². The summed E-state index contributed by atoms with van der Waals surface area (Å²) in [4.78, 5) is 15.0. The molecule has 0 saturated heterocycles. The summed E-state index contributed by atoms with van der Waals surface area (Å²) in [5.74, 6) is -0.550. The number of halogens is 5. The molecule has 0 aliphatic carbocycles. The van der Waals surface area contributed by atoms with Crippen molar-refractivity contribution in [3.8, 4) is 0 Å². The van der Waals surface area contributed by atoms with E-state index in [2.05, 4.69) is 10.3 Å². The van der Waals surface area contributed by atoms with Crippen LogP contribution in [-0.4, -0.2) is 15.3 Å². The van der Waals surface area contributed by atoms with Gasteiger partial charge < -0.3 is 5.32 Å². The van der Waals surface area contributed by atoms with Crippen LogP contribution in [0.15, 0.2) is 47.5 Å². The number of rotatable bonds is 5. The number of hydrogen-bond acceptors (Lipinski definition) is 2. The lowest BCUT2D eigenvalue weighted by Crippen LogP contribution is -2.25. The highest BCUT2D eigenvalue weighted by molar-refractivity contribution is 8.45. The lowest BCUT2D eigenvalue weighted by atomic mass is 10.2. The molecule has 10 heteroatoms. The average molecular weight is 419 g/mol. The summed E-state index contributed by atoms with van der Waals surface area (Å²) >= 11 is 0. The molecule has 0 atom stereocenters. The Morgan fingerprint density at radius 2 is 1.86 bits per heavy atom. The van der Waals surface area contributed by atoms with Crippen LogP contribution in [0.4, 0.5) is 19.4 Å². The first-order valence-electron chi connectivity index (χ1n) is 8.37. The van der Waals surface area contributed by atoms with Crippen molar-refractivity contribution >= 4 is 21.8 Å². The average Bonchev–Trinajstić information content (AvgIpc) is 2.95. The van der Waals surface area contributed by atoms with Crippen LogP contribution in [0, 0.1) is 6.92 Å². The number of aromatic nitrogens is 2. The predicted molar refractivity (Wildman–Crippen MR) is 98.3 cm³/mol. The number of nitrogens with zero attached hydrogens (tertiary/aromatic N) is 2. The van der Waals surface area contributed by atoms with E-state index < -0.39 is 21.0 Å². The molecule has 0 saturated carbocycles. The van der Waals surface area contributed by atoms with Gasteiger partial charge in [0.25, 0.3) is 5.91 Å². The molecule has 0 radical (unpaired) electrons. The lowest BCUT2D eigenvalue weighted by molar-refractivity contribution is 0.0944. The van der Waals surface area contributed by atoms with E-state index in [-0.39, 0.29) is 17.8 Å². The first-order chi connectivity index (χ1) is 12.8. The SMILES string of the molecule is CCc1nc2cc(C)ccn2c1C(=O)NCc1cccc(S(F)(F)(F)(F)F)c1. The van der Waals surface area contributed by atoms with E-state index in [9.17, 15) is 24.2 Å². The molecule has 2 aromatic heterocycles. The molecule has 0 aliphatic heterocycles. The fourth-order valence-corrected chi connectivity index (χ4v) is 3.55. The summed E-state index contributed by atoms with van der Waals surface area (Å²) in [5, 5.41) is 2.49. The maximum Gasteiger partial charge on any atom is 0.310 e. The Bertz CT molecular complexity index is 1080. The van der Waals surface area contributed by atoms with E-state index in [1.165, 1.54) is 6.07 Å². The molecule has 3 rings (SSSR count). The van der Waals surface area contributed by atoms with Gasteiger partial charge in [-0.25, -0.2) is 4.98 Å². The van der Waals surface area contributed by atoms with E-state index in [1.54, 1.807) is 22.7 Å². The molecule has 0 spiro atoms. The molecule has 0 fully saturated rings. The molecule has 2 heterocycles. The molecule has 0 unspecified atom stereocenters. The fraction of sp³-hybridized carbons (Fsp3) is 0.222. The van der Waals surface area contributed by atoms with Gasteiger partial charge in [0, 0.05) is 12.7 Å². The maximum atomic E-state index is 13.0. The summed E-state index contributed by atoms with van der Waals surface area (Å²) in [5.41, 5.74) is 2.25. The molecule has 152 valence electrons. The van der Waals surface area contributed by atoms with Crippen LogP contribution >= 0.6 is 10.2 Å². The fourth-order valence-electron chi connectivity index (χ4n) is 2.84. The topological polar surface area (TPSA) is 46.4 Å². The molecule has 0 bridgehead atoms. The minimum atomic E-state index is -9.77. The van der Waals surface area contributed by atoms with E-state index in [0.29, 0.717) is 29.9 Å². The van der Waals surface area contributed by atoms with Gasteiger partial charge in [0.15, 0.2) is 0 Å². The number of fused-ring (bicyclic) bond motifs is 1. The highest BCUT2D eigenvalue weighted by Crippen LogP contribution is 3.02. The van der Waals surface area contributed by atoms with E-state index >= 15 is 0 Å². The number of carbonyl (C=O) groups is 1. The van der Waals surface area contributed by atoms with Crippen LogP contribution in [0.25, 0.3) is 5.65 Å². The third kappa shape index (κ3) is 4.11. The van der Waals surface area contributed by atoms with Crippen molar-refractivity contribution in [2.24, 2.45) is 0 Å². The quantitative estimate of drug-likeness (QED) is 0.532. The van der Waals surface area contributed by atoms with Gasteiger partial charge in [0.2, 0.25) is 0 Å². The molecule has 1 amide bonds. The van der Waals surface area contributed by atoms with Crippen molar-refractivity contribution < 1.29 is 24.2 Å². The van der Waals surface area contributed by atoms with E-state index in [0.717, 1.165) is 11.6 Å². The Morgan fingerprint density at radius 1 is 1.14 bits per heavy atom. The number of amides is 1. The van der Waals surface area contributed by atoms with Gasteiger partial charge >= 0.3 is 10.2 Å². The number of carbonyl (C=O) groups excluding carboxylic acids is 1. The minimum absolute atomic E-state index is 0.0817. The predicted octanol–water partition coefficient (Wildman–Crippen LogP) is 5.79. The van der Waals surface area contributed by atoms with Crippen LogP contribution in [0.3, 0.4) is 0 Å². The van der Waals surface area contributed by atoms with Crippen molar-refractivity contribution in [3.63, 3.8) is 0 Å². The van der Waals surface area contributed by atoms with Gasteiger partial charge in [-0.1, -0.05) is 38.5 Å². The molecule has 28 heavy (non-hydrogen) atoms. The molecule has 4 nitrogen and oxygen atoms in total. The van der Waals surface area contributed by atoms with Crippen molar-refractivity contribution in [1.82, 2.24) is 14.7 Å². The Morgan fingerprint density at radius 3 is 2.50 bits per heavy atom. The van der Waals surface area contributed by atoms with Crippen LogP contribution < -0.4 is 5.32 Å². The second kappa shape index (κ2) is 5.94. The largest absolute Gasteiger partial charge is 0.347 e. The zero-order valence-electron chi connectivity index (χ0n) is 15.1. The highest BCUT2D eigenvalue weighted by atomic mass is 32.5. The van der Waals surface area contributed by atoms with Crippen molar-refractivity contribution in [2.75, 3.05) is 0 Å². The zero-order chi connectivity index (χ0) is 20.8. The van der Waals surface area contributed by atoms with Gasteiger partial charge in [-0.15, -0.1) is 0 Å². The second-order valence-corrected chi connectivity index (χ2v) is 8.90. The molecule has 0 aliphatic rings. The normalized spacial score (nSPS) is 14.5. The van der Waals surface area contributed by atoms with E-state index in [1.807, 2.05) is 13.8 Å². The first-order valence-corrected chi connectivity index (χ1v) is 10.3. The number of benzene rings is 1. The summed E-state index contributed by atoms with van der Waals surface area (Å²) in [6.45, 7) is 3.37. The summed E-state index contributed by atoms with van der Waals surface area (Å²) in [6.07, 6.45) is 2.16. The van der Waals surface area contributed by atoms with Gasteiger partial charge in [0.1, 0.15) is 16.2 Å². The minimum Gasteiger partial charge on any atom is -0.347 e. The smallest absolute Gasteiger partial charge is 0.310 e. The zero-order valence-corrected chi connectivity index (χ0v) is 15.9. The number of nitrogens with one attached hydrogen (secondary N) is 1. The molecule has 1 N–H and O–H groups in total. The highest BCUT2D eigenvalue weighted by Gasteiger charge is 2.65. The summed E-state index contributed by atoms with van der Waals surface area (Å²) in [6, 6.07) is 6.42. The molecule has 1 aromatic carbocycles. The Labute approximate surface area is 158 Å². The third-order valence-electron chi connectivity index (χ3n) is 4.20. The van der Waals surface area contributed by atoms with Gasteiger partial charge in [-0.05, 0) is 48.7 Å². The second-order valence-electron chi connectivity index (χ2n) is 6.49. The van der Waals surface area contributed by atoms with Crippen LogP contribution in [0.2, 0.25) is 0 Å². The Kier molecular flexibility index (Phi) is 4.27. The summed E-state index contributed by atoms with van der Waals surface area (Å²) in [7, 11) is -9.77. The first kappa shape index (κ1) is 20.1. The number of pyridine rings is 1. The third-order valence-corrected chi connectivity index (χ3v) is 5.35. The van der Waals surface area contributed by atoms with Crippen molar-refractivity contribution in [1.29, 1.82) is 0 Å². The summed E-state index contributed by atoms with van der Waals surface area (Å²) < 4.78 is 66.4. The van der Waals surface area contributed by atoms with Gasteiger partial charge in [0.05, 0.1) is 5.69 Å². The monoisotopic (exact) mass is 419 g/mol. The van der Waals surface area contributed by atoms with Crippen LogP contribution in [0.5, 0.6) is 0 Å². The Hall–Kier alpha value is -2.62. The van der Waals surface area contributed by atoms with Crippen LogP contribution in [0.1, 0.15) is 34.2 Å². The molecule has 3 aromatic rings. The van der Waals surface area contributed by atoms with E-state index in [4.69, 9.17) is 0 Å². The molecular weight excluding hydrogens is 401 g/mol. The number of imidazole rings is 1.